The number of hydrogen-bond acceptors (Lipinski definition) is 2. The molecule has 10 aromatic rings. The highest BCUT2D eigenvalue weighted by Gasteiger charge is 2.38. The molecule has 0 unspecified atom stereocenters. The second kappa shape index (κ2) is 13.0. The third kappa shape index (κ3) is 5.14. The van der Waals surface area contributed by atoms with Crippen molar-refractivity contribution in [2.75, 3.05) is 9.80 Å². The van der Waals surface area contributed by atoms with Gasteiger partial charge in [0.2, 0.25) is 0 Å². The van der Waals surface area contributed by atoms with Crippen molar-refractivity contribution in [3.05, 3.63) is 222 Å². The number of rotatable bonds is 3. The molecule has 2 aliphatic carbocycles. The molecule has 0 saturated carbocycles. The maximum Gasteiger partial charge on any atom is 0.0561 e. The topological polar surface area (TPSA) is 11.4 Å². The van der Waals surface area contributed by atoms with Crippen molar-refractivity contribution in [3.63, 3.8) is 0 Å². The van der Waals surface area contributed by atoms with Crippen LogP contribution in [0.25, 0.3) is 60.9 Å². The minimum Gasteiger partial charge on any atom is -0.310 e. The lowest BCUT2D eigenvalue weighted by molar-refractivity contribution is 0.660. The zero-order chi connectivity index (χ0) is 42.2. The molecular weight excluding hydrogens is 763 g/mol. The Bertz CT molecular complexity index is 3530. The third-order valence-electron chi connectivity index (χ3n) is 14.5. The predicted octanol–water partition coefficient (Wildman–Crippen LogP) is 16.3. The van der Waals surface area contributed by atoms with Crippen LogP contribution in [0.15, 0.2) is 200 Å². The molecule has 0 N–H and O–H groups in total. The average molecular weight is 808 g/mol. The number of fused-ring (bicyclic) bond motifs is 13. The number of benzene rings is 9. The Balaban J connectivity index is 1.05. The highest BCUT2D eigenvalue weighted by Crippen LogP contribution is 2.55. The molecule has 2 heterocycles. The van der Waals surface area contributed by atoms with E-state index in [4.69, 9.17) is 0 Å². The van der Waals surface area contributed by atoms with E-state index in [0.29, 0.717) is 0 Å². The van der Waals surface area contributed by atoms with Gasteiger partial charge in [0.15, 0.2) is 0 Å². The molecule has 0 atom stereocenters. The largest absolute Gasteiger partial charge is 0.310 e. The molecule has 3 nitrogen and oxygen atoms in total. The molecule has 9 aromatic carbocycles. The van der Waals surface area contributed by atoms with Crippen LogP contribution in [0, 0.1) is 0 Å². The Kier molecular flexibility index (Phi) is 7.42. The molecule has 1 aromatic heterocycles. The Morgan fingerprint density at radius 2 is 0.762 bits per heavy atom. The average Bonchev–Trinajstić information content (AvgIpc) is 3.85. The summed E-state index contributed by atoms with van der Waals surface area (Å²) < 4.78 is 2.41. The van der Waals surface area contributed by atoms with Crippen molar-refractivity contribution >= 4 is 55.9 Å². The molecule has 63 heavy (non-hydrogen) atoms. The smallest absolute Gasteiger partial charge is 0.0561 e. The van der Waals surface area contributed by atoms with Gasteiger partial charge in [-0.25, -0.2) is 0 Å². The highest BCUT2D eigenvalue weighted by atomic mass is 15.2. The zero-order valence-corrected chi connectivity index (χ0v) is 35.9. The third-order valence-corrected chi connectivity index (χ3v) is 14.5. The van der Waals surface area contributed by atoms with Gasteiger partial charge in [0.25, 0.3) is 0 Å². The Labute approximate surface area is 368 Å². The van der Waals surface area contributed by atoms with Crippen molar-refractivity contribution in [2.45, 2.75) is 38.5 Å². The summed E-state index contributed by atoms with van der Waals surface area (Å²) in [6, 6.07) is 75.1. The summed E-state index contributed by atoms with van der Waals surface area (Å²) in [7, 11) is 0. The summed E-state index contributed by atoms with van der Waals surface area (Å²) in [5.41, 5.74) is 23.1. The molecule has 13 rings (SSSR count). The van der Waals surface area contributed by atoms with Crippen LogP contribution < -0.4 is 9.80 Å². The van der Waals surface area contributed by atoms with E-state index < -0.39 is 0 Å². The standard InChI is InChI=1S/C60H45N3/c1-59(2)54-30-26-43-34-51(54)52-35-44(27-31-55(52)59)62(46-25-29-50-49-21-9-11-23-57(49)63(58(50)37-46)40-16-6-5-7-17-40)42-19-13-15-39(33-42)38-14-12-18-41(32-38)61(43)45-24-28-48-47-20-8-10-22-53(47)60(3,4)56(48)36-45/h5-37H,1-4H3. The fraction of sp³-hybridized carbons (Fsp3) is 0.100. The van der Waals surface area contributed by atoms with Gasteiger partial charge in [-0.1, -0.05) is 137 Å². The van der Waals surface area contributed by atoms with Crippen molar-refractivity contribution in [2.24, 2.45) is 0 Å². The Morgan fingerprint density at radius 3 is 1.46 bits per heavy atom. The highest BCUT2D eigenvalue weighted by molar-refractivity contribution is 6.10. The first kappa shape index (κ1) is 36.1. The van der Waals surface area contributed by atoms with Crippen LogP contribution in [0.5, 0.6) is 0 Å². The van der Waals surface area contributed by atoms with Gasteiger partial charge in [0.1, 0.15) is 0 Å². The van der Waals surface area contributed by atoms with Gasteiger partial charge < -0.3 is 14.4 Å². The van der Waals surface area contributed by atoms with Gasteiger partial charge in [-0.2, -0.15) is 0 Å². The molecular formula is C60H45N3. The minimum absolute atomic E-state index is 0.112. The summed E-state index contributed by atoms with van der Waals surface area (Å²) in [5.74, 6) is 0. The van der Waals surface area contributed by atoms with Crippen LogP contribution in [0.1, 0.15) is 49.9 Å². The van der Waals surface area contributed by atoms with E-state index in [-0.39, 0.29) is 10.8 Å². The lowest BCUT2D eigenvalue weighted by Crippen LogP contribution is -2.17. The molecule has 0 radical (unpaired) electrons. The SMILES string of the molecule is CC1(C)c2ccc3cc2-c2cc(ccc21)N(c1ccc2c4ccccc4n(-c4ccccc4)c2c1)c1cccc(c1)-c1cccc(c1)N3c1ccc2c(c1)C(C)(C)c1ccccc1-2. The summed E-state index contributed by atoms with van der Waals surface area (Å²) in [5, 5.41) is 2.49. The molecule has 3 aliphatic rings. The first-order chi connectivity index (χ1) is 30.7. The number of para-hydroxylation sites is 2. The quantitative estimate of drug-likeness (QED) is 0.176. The van der Waals surface area contributed by atoms with Crippen LogP contribution in [-0.4, -0.2) is 4.57 Å². The van der Waals surface area contributed by atoms with Crippen LogP contribution in [0.2, 0.25) is 0 Å². The van der Waals surface area contributed by atoms with E-state index in [9.17, 15) is 0 Å². The maximum atomic E-state index is 2.47. The Morgan fingerprint density at radius 1 is 0.286 bits per heavy atom. The van der Waals surface area contributed by atoms with Crippen molar-refractivity contribution in [3.8, 4) is 39.1 Å². The summed E-state index contributed by atoms with van der Waals surface area (Å²) in [6.07, 6.45) is 0. The van der Waals surface area contributed by atoms with Crippen molar-refractivity contribution in [1.82, 2.24) is 4.57 Å². The van der Waals surface area contributed by atoms with E-state index in [0.717, 1.165) is 39.8 Å². The maximum absolute atomic E-state index is 2.47. The van der Waals surface area contributed by atoms with Gasteiger partial charge in [-0.3, -0.25) is 0 Å². The second-order valence-corrected chi connectivity index (χ2v) is 18.6. The predicted molar refractivity (Wildman–Crippen MR) is 264 cm³/mol. The van der Waals surface area contributed by atoms with Crippen LogP contribution in [0.4, 0.5) is 34.1 Å². The summed E-state index contributed by atoms with van der Waals surface area (Å²) >= 11 is 0. The first-order valence-electron chi connectivity index (χ1n) is 22.2. The monoisotopic (exact) mass is 807 g/mol. The number of nitrogens with zero attached hydrogens (tertiary/aromatic N) is 3. The van der Waals surface area contributed by atoms with E-state index in [2.05, 4.69) is 242 Å². The number of anilines is 6. The van der Waals surface area contributed by atoms with E-state index in [1.807, 2.05) is 0 Å². The lowest BCUT2D eigenvalue weighted by Gasteiger charge is -2.30. The van der Waals surface area contributed by atoms with Gasteiger partial charge >= 0.3 is 0 Å². The molecule has 0 fully saturated rings. The van der Waals surface area contributed by atoms with Crippen LogP contribution in [-0.2, 0) is 10.8 Å². The van der Waals surface area contributed by atoms with Gasteiger partial charge in [0.05, 0.1) is 11.0 Å². The van der Waals surface area contributed by atoms with Gasteiger partial charge in [0, 0.05) is 61.4 Å². The molecule has 1 aliphatic heterocycles. The molecule has 0 spiro atoms. The van der Waals surface area contributed by atoms with Crippen LogP contribution in [0.3, 0.4) is 0 Å². The van der Waals surface area contributed by atoms with Gasteiger partial charge in [-0.15, -0.1) is 0 Å². The van der Waals surface area contributed by atoms with E-state index in [1.54, 1.807) is 0 Å². The van der Waals surface area contributed by atoms with Crippen molar-refractivity contribution in [1.29, 1.82) is 0 Å². The summed E-state index contributed by atoms with van der Waals surface area (Å²) in [4.78, 5) is 4.93. The van der Waals surface area contributed by atoms with Crippen LogP contribution >= 0.6 is 0 Å². The molecule has 300 valence electrons. The van der Waals surface area contributed by atoms with E-state index >= 15 is 0 Å². The fourth-order valence-electron chi connectivity index (χ4n) is 11.4. The first-order valence-corrected chi connectivity index (χ1v) is 22.2. The molecule has 0 amide bonds. The van der Waals surface area contributed by atoms with Crippen molar-refractivity contribution < 1.29 is 0 Å². The molecule has 0 saturated heterocycles. The number of aromatic nitrogens is 1. The molecule has 3 heteroatoms. The second-order valence-electron chi connectivity index (χ2n) is 18.6. The van der Waals surface area contributed by atoms with E-state index in [1.165, 1.54) is 77.4 Å². The molecule has 8 bridgehead atoms. The fourth-order valence-corrected chi connectivity index (χ4v) is 11.4. The lowest BCUT2D eigenvalue weighted by atomic mass is 9.82. The minimum atomic E-state index is -0.163. The zero-order valence-electron chi connectivity index (χ0n) is 35.9. The summed E-state index contributed by atoms with van der Waals surface area (Å²) in [6.45, 7) is 9.50. The number of hydrogen-bond donors (Lipinski definition) is 0. The normalized spacial score (nSPS) is 14.9. The Hall–Kier alpha value is -7.62. The van der Waals surface area contributed by atoms with Gasteiger partial charge in [-0.05, 0) is 147 Å².